The predicted octanol–water partition coefficient (Wildman–Crippen LogP) is 7.37. The maximum atomic E-state index is 2.42. The largest absolute Gasteiger partial charge is 0.0654 e. The van der Waals surface area contributed by atoms with Gasteiger partial charge in [-0.3, -0.25) is 0 Å². The molecule has 2 unspecified atom stereocenters. The summed E-state index contributed by atoms with van der Waals surface area (Å²) in [5, 5.41) is 0. The average Bonchev–Trinajstić information content (AvgIpc) is 2.43. The molecule has 2 atom stereocenters. The Morgan fingerprint density at radius 3 is 1.68 bits per heavy atom. The van der Waals surface area contributed by atoms with Gasteiger partial charge in [-0.25, -0.2) is 0 Å². The van der Waals surface area contributed by atoms with Gasteiger partial charge in [0.25, 0.3) is 0 Å². The molecule has 0 radical (unpaired) electrons. The zero-order chi connectivity index (χ0) is 14.3. The van der Waals surface area contributed by atoms with Crippen molar-refractivity contribution >= 4 is 0 Å². The van der Waals surface area contributed by atoms with E-state index in [2.05, 4.69) is 27.7 Å². The molecule has 0 aliphatic carbocycles. The van der Waals surface area contributed by atoms with E-state index in [1.807, 2.05) is 0 Å². The van der Waals surface area contributed by atoms with E-state index in [0.29, 0.717) is 0 Å². The van der Waals surface area contributed by atoms with E-state index in [1.165, 1.54) is 83.5 Å². The summed E-state index contributed by atoms with van der Waals surface area (Å²) in [5.41, 5.74) is 0. The van der Waals surface area contributed by atoms with Crippen molar-refractivity contribution in [2.24, 2.45) is 11.8 Å². The molecule has 19 heavy (non-hydrogen) atoms. The molecule has 0 heteroatoms. The Morgan fingerprint density at radius 2 is 1.11 bits per heavy atom. The van der Waals surface area contributed by atoms with E-state index in [4.69, 9.17) is 0 Å². The minimum Gasteiger partial charge on any atom is -0.0654 e. The molecule has 116 valence electrons. The van der Waals surface area contributed by atoms with Crippen molar-refractivity contribution in [2.45, 2.75) is 111 Å². The summed E-state index contributed by atoms with van der Waals surface area (Å²) in [4.78, 5) is 0. The first kappa shape index (κ1) is 19.0. The smallest absolute Gasteiger partial charge is 0.0414 e. The van der Waals surface area contributed by atoms with Gasteiger partial charge >= 0.3 is 0 Å². The molecule has 0 aliphatic rings. The molecule has 0 aromatic heterocycles. The topological polar surface area (TPSA) is 0 Å². The van der Waals surface area contributed by atoms with Gasteiger partial charge in [-0.1, -0.05) is 111 Å². The molecule has 0 aromatic rings. The first-order valence-corrected chi connectivity index (χ1v) is 9.24. The van der Waals surface area contributed by atoms with Crippen LogP contribution < -0.4 is 0 Å². The van der Waals surface area contributed by atoms with Crippen LogP contribution in [0.15, 0.2) is 0 Å². The fourth-order valence-corrected chi connectivity index (χ4v) is 2.88. The third kappa shape index (κ3) is 12.8. The zero-order valence-corrected chi connectivity index (χ0v) is 14.3. The van der Waals surface area contributed by atoms with E-state index in [9.17, 15) is 0 Å². The molecule has 0 nitrogen and oxygen atoms in total. The van der Waals surface area contributed by atoms with Crippen molar-refractivity contribution in [3.05, 3.63) is 0 Å². The summed E-state index contributed by atoms with van der Waals surface area (Å²) in [6, 6.07) is 0. The lowest BCUT2D eigenvalue weighted by molar-refractivity contribution is 0.344. The second-order valence-electron chi connectivity index (χ2n) is 6.66. The van der Waals surface area contributed by atoms with E-state index in [-0.39, 0.29) is 0 Å². The van der Waals surface area contributed by atoms with Crippen LogP contribution in [0.1, 0.15) is 111 Å². The van der Waals surface area contributed by atoms with Crippen molar-refractivity contribution in [3.8, 4) is 0 Å². The van der Waals surface area contributed by atoms with Gasteiger partial charge in [0.05, 0.1) is 0 Å². The third-order valence-electron chi connectivity index (χ3n) is 4.70. The lowest BCUT2D eigenvalue weighted by atomic mass is 9.87. The fourth-order valence-electron chi connectivity index (χ4n) is 2.88. The Hall–Kier alpha value is 0. The molecular formula is C19H40. The first-order valence-electron chi connectivity index (χ1n) is 9.24. The van der Waals surface area contributed by atoms with Crippen molar-refractivity contribution < 1.29 is 0 Å². The summed E-state index contributed by atoms with van der Waals surface area (Å²) >= 11 is 0. The van der Waals surface area contributed by atoms with Crippen LogP contribution in [0.2, 0.25) is 0 Å². The molecule has 0 rings (SSSR count). The highest BCUT2D eigenvalue weighted by atomic mass is 14.2. The zero-order valence-electron chi connectivity index (χ0n) is 14.3. The third-order valence-corrected chi connectivity index (χ3v) is 4.70. The minimum absolute atomic E-state index is 0.939. The van der Waals surface area contributed by atoms with Crippen LogP contribution in [0.4, 0.5) is 0 Å². The molecule has 0 aromatic carbocycles. The monoisotopic (exact) mass is 268 g/mol. The van der Waals surface area contributed by atoms with E-state index < -0.39 is 0 Å². The highest BCUT2D eigenvalue weighted by Crippen LogP contribution is 2.25. The molecule has 0 fully saturated rings. The first-order chi connectivity index (χ1) is 9.24. The van der Waals surface area contributed by atoms with Crippen LogP contribution in [0.25, 0.3) is 0 Å². The van der Waals surface area contributed by atoms with Gasteiger partial charge in [0, 0.05) is 0 Å². The number of unbranched alkanes of at least 4 members (excludes halogenated alkanes) is 6. The van der Waals surface area contributed by atoms with Crippen molar-refractivity contribution in [2.75, 3.05) is 0 Å². The maximum absolute atomic E-state index is 2.42. The van der Waals surface area contributed by atoms with Crippen LogP contribution in [-0.2, 0) is 0 Å². The summed E-state index contributed by atoms with van der Waals surface area (Å²) < 4.78 is 0. The Morgan fingerprint density at radius 1 is 0.579 bits per heavy atom. The molecule has 0 aliphatic heterocycles. The Kier molecular flexibility index (Phi) is 14.4. The molecule has 0 saturated carbocycles. The minimum atomic E-state index is 0.939. The summed E-state index contributed by atoms with van der Waals surface area (Å²) in [6.45, 7) is 9.38. The molecule has 0 spiro atoms. The lowest BCUT2D eigenvalue weighted by Gasteiger charge is -2.19. The van der Waals surface area contributed by atoms with Gasteiger partial charge in [-0.05, 0) is 11.8 Å². The van der Waals surface area contributed by atoms with Crippen molar-refractivity contribution in [3.63, 3.8) is 0 Å². The number of hydrogen-bond acceptors (Lipinski definition) is 0. The van der Waals surface area contributed by atoms with Crippen molar-refractivity contribution in [1.82, 2.24) is 0 Å². The van der Waals surface area contributed by atoms with Gasteiger partial charge in [0.15, 0.2) is 0 Å². The van der Waals surface area contributed by atoms with E-state index in [0.717, 1.165) is 11.8 Å². The van der Waals surface area contributed by atoms with Gasteiger partial charge in [-0.15, -0.1) is 0 Å². The second kappa shape index (κ2) is 14.4. The van der Waals surface area contributed by atoms with E-state index in [1.54, 1.807) is 0 Å². The van der Waals surface area contributed by atoms with Crippen LogP contribution in [-0.4, -0.2) is 0 Å². The summed E-state index contributed by atoms with van der Waals surface area (Å²) in [5.74, 6) is 1.97. The van der Waals surface area contributed by atoms with Gasteiger partial charge in [0.1, 0.15) is 0 Å². The van der Waals surface area contributed by atoms with Gasteiger partial charge in [0.2, 0.25) is 0 Å². The van der Waals surface area contributed by atoms with Crippen LogP contribution in [0, 0.1) is 11.8 Å². The average molecular weight is 269 g/mol. The Bertz CT molecular complexity index is 161. The molecule has 0 amide bonds. The summed E-state index contributed by atoms with van der Waals surface area (Å²) in [6.07, 6.45) is 18.8. The quantitative estimate of drug-likeness (QED) is 0.288. The van der Waals surface area contributed by atoms with Gasteiger partial charge < -0.3 is 0 Å². The van der Waals surface area contributed by atoms with Crippen molar-refractivity contribution in [1.29, 1.82) is 0 Å². The highest BCUT2D eigenvalue weighted by molar-refractivity contribution is 4.63. The normalized spacial score (nSPS) is 14.5. The fraction of sp³-hybridized carbons (Fsp3) is 1.00. The molecule has 0 heterocycles. The van der Waals surface area contributed by atoms with Crippen LogP contribution >= 0.6 is 0 Å². The Balaban J connectivity index is 3.75. The summed E-state index contributed by atoms with van der Waals surface area (Å²) in [7, 11) is 0. The van der Waals surface area contributed by atoms with E-state index >= 15 is 0 Å². The number of rotatable bonds is 14. The maximum Gasteiger partial charge on any atom is -0.0414 e. The number of hydrogen-bond donors (Lipinski definition) is 0. The Labute approximate surface area is 123 Å². The second-order valence-corrected chi connectivity index (χ2v) is 6.66. The predicted molar refractivity (Wildman–Crippen MR) is 89.7 cm³/mol. The van der Waals surface area contributed by atoms with Crippen LogP contribution in [0.5, 0.6) is 0 Å². The molecule has 0 bridgehead atoms. The highest BCUT2D eigenvalue weighted by Gasteiger charge is 2.10. The van der Waals surface area contributed by atoms with Gasteiger partial charge in [-0.2, -0.15) is 0 Å². The molecular weight excluding hydrogens is 228 g/mol. The standard InChI is InChI=1S/C19H40/c1-5-8-10-11-13-15-19(14-12-9-6-2)17-16-18(4)7-3/h18-19H,5-17H2,1-4H3. The molecule has 0 N–H and O–H groups in total. The SMILES string of the molecule is CCCCCCCC(CCCCC)CCC(C)CC. The van der Waals surface area contributed by atoms with Crippen LogP contribution in [0.3, 0.4) is 0 Å². The lowest BCUT2D eigenvalue weighted by Crippen LogP contribution is -2.04. The molecule has 0 saturated heterocycles.